The highest BCUT2D eigenvalue weighted by atomic mass is 35.5. The smallest absolute Gasteiger partial charge is 0.252 e. The van der Waals surface area contributed by atoms with Gasteiger partial charge in [-0.25, -0.2) is 9.37 Å². The van der Waals surface area contributed by atoms with Gasteiger partial charge < -0.3 is 16.8 Å². The molecule has 0 bridgehead atoms. The summed E-state index contributed by atoms with van der Waals surface area (Å²) < 4.78 is 13.1. The van der Waals surface area contributed by atoms with Crippen LogP contribution in [0.1, 0.15) is 10.4 Å². The van der Waals surface area contributed by atoms with Gasteiger partial charge in [0, 0.05) is 0 Å². The molecule has 0 radical (unpaired) electrons. The zero-order valence-electron chi connectivity index (χ0n) is 9.95. The quantitative estimate of drug-likeness (QED) is 0.811. The Hall–Kier alpha value is -2.05. The van der Waals surface area contributed by atoms with Gasteiger partial charge >= 0.3 is 0 Å². The lowest BCUT2D eigenvalue weighted by Gasteiger charge is -2.12. The predicted molar refractivity (Wildman–Crippen MR) is 76.9 cm³/mol. The third-order valence-corrected chi connectivity index (χ3v) is 3.02. The van der Waals surface area contributed by atoms with Gasteiger partial charge in [-0.1, -0.05) is 23.2 Å². The molecule has 0 aliphatic rings. The van der Waals surface area contributed by atoms with Crippen LogP contribution in [-0.2, 0) is 0 Å². The Labute approximate surface area is 123 Å². The van der Waals surface area contributed by atoms with Crippen LogP contribution in [0.3, 0.4) is 0 Å². The van der Waals surface area contributed by atoms with E-state index in [0.29, 0.717) is 0 Å². The molecular weight excluding hydrogens is 306 g/mol. The first kappa shape index (κ1) is 14.4. The number of rotatable bonds is 3. The zero-order valence-corrected chi connectivity index (χ0v) is 11.5. The van der Waals surface area contributed by atoms with E-state index in [2.05, 4.69) is 10.3 Å². The molecule has 2 rings (SSSR count). The minimum absolute atomic E-state index is 0.0454. The fourth-order valence-electron chi connectivity index (χ4n) is 1.55. The maximum absolute atomic E-state index is 13.1. The summed E-state index contributed by atoms with van der Waals surface area (Å²) in [6.07, 6.45) is 1.33. The van der Waals surface area contributed by atoms with E-state index < -0.39 is 11.7 Å². The normalized spacial score (nSPS) is 10.3. The van der Waals surface area contributed by atoms with Gasteiger partial charge in [0.15, 0.2) is 0 Å². The van der Waals surface area contributed by atoms with Crippen molar-refractivity contribution in [2.45, 2.75) is 0 Å². The van der Waals surface area contributed by atoms with Crippen LogP contribution in [0.2, 0.25) is 10.0 Å². The fourth-order valence-corrected chi connectivity index (χ4v) is 2.10. The first-order chi connectivity index (χ1) is 9.38. The van der Waals surface area contributed by atoms with E-state index in [1.807, 2.05) is 0 Å². The number of benzene rings is 1. The van der Waals surface area contributed by atoms with Crippen molar-refractivity contribution in [1.82, 2.24) is 4.98 Å². The van der Waals surface area contributed by atoms with Crippen molar-refractivity contribution in [3.63, 3.8) is 0 Å². The molecule has 0 atom stereocenters. The van der Waals surface area contributed by atoms with Gasteiger partial charge in [0.1, 0.15) is 11.6 Å². The Morgan fingerprint density at radius 2 is 1.85 bits per heavy atom. The molecular formula is C12H9Cl2FN4O. The molecule has 1 aromatic heterocycles. The molecule has 104 valence electrons. The van der Waals surface area contributed by atoms with Gasteiger partial charge in [-0.3, -0.25) is 4.79 Å². The second-order valence-electron chi connectivity index (χ2n) is 3.90. The molecule has 0 saturated heterocycles. The van der Waals surface area contributed by atoms with E-state index in [1.165, 1.54) is 12.3 Å². The number of nitrogens with one attached hydrogen (secondary N) is 1. The summed E-state index contributed by atoms with van der Waals surface area (Å²) in [6, 6.07) is 3.52. The molecule has 0 fully saturated rings. The average molecular weight is 315 g/mol. The Bertz CT molecular complexity index is 670. The van der Waals surface area contributed by atoms with E-state index in [1.54, 1.807) is 0 Å². The maximum atomic E-state index is 13.1. The van der Waals surface area contributed by atoms with E-state index in [9.17, 15) is 9.18 Å². The minimum Gasteiger partial charge on any atom is -0.397 e. The third kappa shape index (κ3) is 2.92. The zero-order chi connectivity index (χ0) is 14.9. The van der Waals surface area contributed by atoms with Crippen molar-refractivity contribution in [3.05, 3.63) is 45.8 Å². The number of hydrogen-bond donors (Lipinski definition) is 3. The first-order valence-electron chi connectivity index (χ1n) is 5.35. The third-order valence-electron chi connectivity index (χ3n) is 2.42. The number of carbonyl (C=O) groups is 1. The molecule has 5 N–H and O–H groups in total. The molecule has 20 heavy (non-hydrogen) atoms. The molecule has 1 amide bonds. The number of aromatic nitrogens is 1. The Morgan fingerprint density at radius 3 is 2.40 bits per heavy atom. The number of nitrogens with zero attached hydrogens (tertiary/aromatic N) is 1. The van der Waals surface area contributed by atoms with Crippen LogP contribution in [0.4, 0.5) is 21.6 Å². The number of nitrogens with two attached hydrogens (primary N) is 2. The van der Waals surface area contributed by atoms with Crippen molar-refractivity contribution in [2.75, 3.05) is 11.1 Å². The summed E-state index contributed by atoms with van der Waals surface area (Å²) >= 11 is 11.8. The number of hydrogen-bond acceptors (Lipinski definition) is 4. The van der Waals surface area contributed by atoms with E-state index in [-0.39, 0.29) is 32.8 Å². The van der Waals surface area contributed by atoms with Gasteiger partial charge in [-0.2, -0.15) is 0 Å². The molecule has 0 spiro atoms. The second kappa shape index (κ2) is 5.52. The lowest BCUT2D eigenvalue weighted by Crippen LogP contribution is -2.15. The number of nitrogen functional groups attached to an aromatic ring is 1. The summed E-state index contributed by atoms with van der Waals surface area (Å²) in [5.41, 5.74) is 11.3. The van der Waals surface area contributed by atoms with Crippen LogP contribution in [0.25, 0.3) is 0 Å². The van der Waals surface area contributed by atoms with Crippen LogP contribution in [0, 0.1) is 5.82 Å². The van der Waals surface area contributed by atoms with Crippen molar-refractivity contribution in [1.29, 1.82) is 0 Å². The highest BCUT2D eigenvalue weighted by Crippen LogP contribution is 2.34. The number of primary amides is 1. The lowest BCUT2D eigenvalue weighted by atomic mass is 10.2. The van der Waals surface area contributed by atoms with Crippen LogP contribution in [-0.4, -0.2) is 10.9 Å². The maximum Gasteiger partial charge on any atom is 0.252 e. The molecule has 1 heterocycles. The predicted octanol–water partition coefficient (Wildman–Crippen LogP) is 2.95. The van der Waals surface area contributed by atoms with Gasteiger partial charge in [0.2, 0.25) is 0 Å². The van der Waals surface area contributed by atoms with Gasteiger partial charge in [-0.05, 0) is 18.2 Å². The Balaban J connectivity index is 2.48. The number of halogens is 3. The van der Waals surface area contributed by atoms with E-state index in [4.69, 9.17) is 34.7 Å². The van der Waals surface area contributed by atoms with Crippen molar-refractivity contribution < 1.29 is 9.18 Å². The monoisotopic (exact) mass is 314 g/mol. The first-order valence-corrected chi connectivity index (χ1v) is 6.11. The minimum atomic E-state index is -0.721. The van der Waals surface area contributed by atoms with Crippen LogP contribution in [0.5, 0.6) is 0 Å². The van der Waals surface area contributed by atoms with Crippen molar-refractivity contribution in [3.8, 4) is 0 Å². The molecule has 0 aliphatic carbocycles. The molecule has 2 aromatic rings. The summed E-state index contributed by atoms with van der Waals surface area (Å²) in [7, 11) is 0. The fraction of sp³-hybridized carbons (Fsp3) is 0. The van der Waals surface area contributed by atoms with Gasteiger partial charge in [0.05, 0.1) is 33.2 Å². The molecule has 1 aromatic carbocycles. The number of carbonyl (C=O) groups excluding carboxylic acids is 1. The van der Waals surface area contributed by atoms with Gasteiger partial charge in [-0.15, -0.1) is 0 Å². The summed E-state index contributed by atoms with van der Waals surface area (Å²) in [5.74, 6) is -1.17. The molecule has 0 saturated carbocycles. The van der Waals surface area contributed by atoms with Crippen molar-refractivity contribution in [2.24, 2.45) is 5.73 Å². The molecule has 8 heteroatoms. The van der Waals surface area contributed by atoms with Crippen molar-refractivity contribution >= 4 is 46.3 Å². The van der Waals surface area contributed by atoms with Crippen LogP contribution < -0.4 is 16.8 Å². The average Bonchev–Trinajstić information content (AvgIpc) is 2.34. The Morgan fingerprint density at radius 1 is 1.25 bits per heavy atom. The lowest BCUT2D eigenvalue weighted by molar-refractivity contribution is 0.100. The van der Waals surface area contributed by atoms with E-state index >= 15 is 0 Å². The van der Waals surface area contributed by atoms with Crippen LogP contribution >= 0.6 is 23.2 Å². The highest BCUT2D eigenvalue weighted by Gasteiger charge is 2.14. The highest BCUT2D eigenvalue weighted by molar-refractivity contribution is 6.39. The molecule has 5 nitrogen and oxygen atoms in total. The number of amides is 1. The van der Waals surface area contributed by atoms with Crippen LogP contribution in [0.15, 0.2) is 24.4 Å². The molecule has 0 aliphatic heterocycles. The largest absolute Gasteiger partial charge is 0.397 e. The SMILES string of the molecule is NC(=O)c1cc(N)cnc1Nc1c(Cl)cc(F)cc1Cl. The number of pyridine rings is 1. The summed E-state index contributed by atoms with van der Waals surface area (Å²) in [4.78, 5) is 15.3. The second-order valence-corrected chi connectivity index (χ2v) is 4.71. The van der Waals surface area contributed by atoms with Gasteiger partial charge in [0.25, 0.3) is 5.91 Å². The number of anilines is 3. The standard InChI is InChI=1S/C12H9Cl2FN4O/c13-8-1-5(15)2-9(14)10(8)19-12-7(11(17)20)3-6(16)4-18-12/h1-4H,16H2,(H2,17,20)(H,18,19). The summed E-state index contributed by atoms with van der Waals surface area (Å²) in [6.45, 7) is 0. The summed E-state index contributed by atoms with van der Waals surface area (Å²) in [5, 5.41) is 2.84. The van der Waals surface area contributed by atoms with E-state index in [0.717, 1.165) is 12.1 Å². The molecule has 0 unspecified atom stereocenters. The topological polar surface area (TPSA) is 94.0 Å². The Kier molecular flexibility index (Phi) is 3.96.